The molecule has 0 N–H and O–H groups in total. The SMILES string of the molecule is CCC(Oc1ccccc1)c1nn2c(-c3cncc(Br)c3)nnc2s1. The Labute approximate surface area is 156 Å². The Morgan fingerprint density at radius 3 is 2.80 bits per heavy atom. The molecule has 0 fully saturated rings. The molecule has 4 aromatic rings. The van der Waals surface area contributed by atoms with Gasteiger partial charge in [0.2, 0.25) is 4.96 Å². The Hall–Kier alpha value is -2.32. The lowest BCUT2D eigenvalue weighted by atomic mass is 10.3. The monoisotopic (exact) mass is 415 g/mol. The van der Waals surface area contributed by atoms with E-state index in [1.54, 1.807) is 16.9 Å². The van der Waals surface area contributed by atoms with Crippen molar-refractivity contribution in [3.05, 3.63) is 58.3 Å². The van der Waals surface area contributed by atoms with E-state index < -0.39 is 0 Å². The van der Waals surface area contributed by atoms with Crippen LogP contribution in [0.3, 0.4) is 0 Å². The van der Waals surface area contributed by atoms with E-state index in [2.05, 4.69) is 43.1 Å². The van der Waals surface area contributed by atoms with Gasteiger partial charge < -0.3 is 4.74 Å². The van der Waals surface area contributed by atoms with Crippen molar-refractivity contribution in [2.75, 3.05) is 0 Å². The van der Waals surface area contributed by atoms with Gasteiger partial charge in [-0.1, -0.05) is 36.5 Å². The first kappa shape index (κ1) is 16.2. The van der Waals surface area contributed by atoms with Crippen LogP contribution in [0.1, 0.15) is 24.5 Å². The van der Waals surface area contributed by atoms with Gasteiger partial charge in [0.05, 0.1) is 0 Å². The van der Waals surface area contributed by atoms with Crippen LogP contribution in [0, 0.1) is 0 Å². The fourth-order valence-corrected chi connectivity index (χ4v) is 3.76. The maximum absolute atomic E-state index is 6.08. The normalized spacial score (nSPS) is 12.4. The van der Waals surface area contributed by atoms with Crippen LogP contribution in [0.25, 0.3) is 16.3 Å². The number of hydrogen-bond acceptors (Lipinski definition) is 6. The Morgan fingerprint density at radius 2 is 2.04 bits per heavy atom. The summed E-state index contributed by atoms with van der Waals surface area (Å²) in [5.41, 5.74) is 0.857. The molecule has 3 heterocycles. The van der Waals surface area contributed by atoms with Gasteiger partial charge in [-0.3, -0.25) is 4.98 Å². The smallest absolute Gasteiger partial charge is 0.235 e. The highest BCUT2D eigenvalue weighted by Crippen LogP contribution is 2.30. The molecule has 0 bridgehead atoms. The van der Waals surface area contributed by atoms with Gasteiger partial charge in [0.25, 0.3) is 0 Å². The molecule has 0 aliphatic rings. The van der Waals surface area contributed by atoms with E-state index >= 15 is 0 Å². The minimum Gasteiger partial charge on any atom is -0.483 e. The fourth-order valence-electron chi connectivity index (χ4n) is 2.45. The van der Waals surface area contributed by atoms with Crippen LogP contribution in [-0.4, -0.2) is 24.8 Å². The molecule has 0 radical (unpaired) electrons. The minimum absolute atomic E-state index is 0.123. The van der Waals surface area contributed by atoms with Crippen LogP contribution in [0.5, 0.6) is 5.75 Å². The molecule has 1 unspecified atom stereocenters. The average molecular weight is 416 g/mol. The molecule has 25 heavy (non-hydrogen) atoms. The quantitative estimate of drug-likeness (QED) is 0.478. The van der Waals surface area contributed by atoms with Gasteiger partial charge in [-0.25, -0.2) is 0 Å². The summed E-state index contributed by atoms with van der Waals surface area (Å²) in [5.74, 6) is 1.50. The van der Waals surface area contributed by atoms with Gasteiger partial charge in [0.15, 0.2) is 16.9 Å². The number of rotatable bonds is 5. The number of nitrogens with zero attached hydrogens (tertiary/aromatic N) is 5. The lowest BCUT2D eigenvalue weighted by Gasteiger charge is -2.14. The van der Waals surface area contributed by atoms with Crippen molar-refractivity contribution in [2.45, 2.75) is 19.4 Å². The summed E-state index contributed by atoms with van der Waals surface area (Å²) in [6.07, 6.45) is 4.17. The summed E-state index contributed by atoms with van der Waals surface area (Å²) in [6, 6.07) is 11.7. The zero-order valence-corrected chi connectivity index (χ0v) is 15.7. The van der Waals surface area contributed by atoms with Crippen LogP contribution >= 0.6 is 27.3 Å². The zero-order valence-electron chi connectivity index (χ0n) is 13.3. The number of fused-ring (bicyclic) bond motifs is 1. The number of para-hydroxylation sites is 1. The molecule has 0 aliphatic heterocycles. The van der Waals surface area contributed by atoms with Crippen LogP contribution in [0.15, 0.2) is 53.3 Å². The number of benzene rings is 1. The topological polar surface area (TPSA) is 65.2 Å². The highest BCUT2D eigenvalue weighted by molar-refractivity contribution is 9.10. The first-order valence-corrected chi connectivity index (χ1v) is 9.40. The van der Waals surface area contributed by atoms with Crippen LogP contribution in [0.4, 0.5) is 0 Å². The fraction of sp³-hybridized carbons (Fsp3) is 0.176. The van der Waals surface area contributed by atoms with Gasteiger partial charge >= 0.3 is 0 Å². The summed E-state index contributed by atoms with van der Waals surface area (Å²) in [5, 5.41) is 14.0. The van der Waals surface area contributed by atoms with Gasteiger partial charge in [-0.15, -0.1) is 10.2 Å². The highest BCUT2D eigenvalue weighted by Gasteiger charge is 2.20. The van der Waals surface area contributed by atoms with Crippen molar-refractivity contribution < 1.29 is 4.74 Å². The molecule has 0 saturated heterocycles. The second kappa shape index (κ2) is 6.89. The molecule has 0 saturated carbocycles. The van der Waals surface area contributed by atoms with E-state index in [1.807, 2.05) is 36.4 Å². The summed E-state index contributed by atoms with van der Waals surface area (Å²) in [6.45, 7) is 2.08. The molecule has 3 aromatic heterocycles. The Balaban J connectivity index is 1.69. The van der Waals surface area contributed by atoms with Gasteiger partial charge in [0, 0.05) is 22.4 Å². The van der Waals surface area contributed by atoms with E-state index in [0.29, 0.717) is 5.82 Å². The molecule has 0 amide bonds. The summed E-state index contributed by atoms with van der Waals surface area (Å²) < 4.78 is 8.72. The number of ether oxygens (including phenoxy) is 1. The van der Waals surface area contributed by atoms with Crippen LogP contribution in [0.2, 0.25) is 0 Å². The van der Waals surface area contributed by atoms with Crippen molar-refractivity contribution in [1.29, 1.82) is 0 Å². The van der Waals surface area contributed by atoms with Gasteiger partial charge in [0.1, 0.15) is 5.75 Å². The van der Waals surface area contributed by atoms with Crippen molar-refractivity contribution in [2.24, 2.45) is 0 Å². The van der Waals surface area contributed by atoms with Crippen molar-refractivity contribution >= 4 is 32.2 Å². The Kier molecular flexibility index (Phi) is 4.46. The maximum atomic E-state index is 6.08. The molecule has 0 aliphatic carbocycles. The van der Waals surface area contributed by atoms with E-state index in [0.717, 1.165) is 32.2 Å². The Bertz CT molecular complexity index is 1000. The molecular formula is C17H14BrN5OS. The molecule has 8 heteroatoms. The standard InChI is InChI=1S/C17H14BrN5OS/c1-2-14(24-13-6-4-3-5-7-13)16-22-23-15(20-21-17(23)25-16)11-8-12(18)10-19-9-11/h3-10,14H,2H2,1H3. The van der Waals surface area contributed by atoms with Gasteiger partial charge in [-0.05, 0) is 40.5 Å². The number of pyridine rings is 1. The Morgan fingerprint density at radius 1 is 1.20 bits per heavy atom. The van der Waals surface area contributed by atoms with Crippen LogP contribution < -0.4 is 4.74 Å². The second-order valence-corrected chi connectivity index (χ2v) is 7.28. The molecule has 126 valence electrons. The number of halogens is 1. The maximum Gasteiger partial charge on any atom is 0.235 e. The zero-order chi connectivity index (χ0) is 17.2. The highest BCUT2D eigenvalue weighted by atomic mass is 79.9. The molecular weight excluding hydrogens is 402 g/mol. The lowest BCUT2D eigenvalue weighted by molar-refractivity contribution is 0.199. The van der Waals surface area contributed by atoms with Crippen molar-refractivity contribution in [3.8, 4) is 17.1 Å². The lowest BCUT2D eigenvalue weighted by Crippen LogP contribution is -2.07. The third kappa shape index (κ3) is 3.27. The van der Waals surface area contributed by atoms with Crippen molar-refractivity contribution in [3.63, 3.8) is 0 Å². The summed E-state index contributed by atoms with van der Waals surface area (Å²) >= 11 is 4.92. The van der Waals surface area contributed by atoms with Crippen LogP contribution in [-0.2, 0) is 0 Å². The van der Waals surface area contributed by atoms with E-state index in [1.165, 1.54) is 11.3 Å². The first-order chi connectivity index (χ1) is 12.2. The minimum atomic E-state index is -0.123. The molecule has 0 spiro atoms. The van der Waals surface area contributed by atoms with Gasteiger partial charge in [-0.2, -0.15) is 9.61 Å². The third-order valence-corrected chi connectivity index (χ3v) is 5.06. The predicted molar refractivity (Wildman–Crippen MR) is 99.7 cm³/mol. The number of hydrogen-bond donors (Lipinski definition) is 0. The van der Waals surface area contributed by atoms with E-state index in [-0.39, 0.29) is 6.10 Å². The first-order valence-electron chi connectivity index (χ1n) is 7.79. The average Bonchev–Trinajstić information content (AvgIpc) is 3.21. The molecule has 6 nitrogen and oxygen atoms in total. The molecule has 1 aromatic carbocycles. The van der Waals surface area contributed by atoms with E-state index in [4.69, 9.17) is 4.74 Å². The summed E-state index contributed by atoms with van der Waals surface area (Å²) in [7, 11) is 0. The molecule has 4 rings (SSSR count). The third-order valence-electron chi connectivity index (χ3n) is 3.64. The predicted octanol–water partition coefficient (Wildman–Crippen LogP) is 4.54. The second-order valence-electron chi connectivity index (χ2n) is 5.38. The largest absolute Gasteiger partial charge is 0.483 e. The van der Waals surface area contributed by atoms with E-state index in [9.17, 15) is 0 Å². The number of aromatic nitrogens is 5. The summed E-state index contributed by atoms with van der Waals surface area (Å²) in [4.78, 5) is 4.92. The molecule has 1 atom stereocenters. The van der Waals surface area contributed by atoms with Crippen molar-refractivity contribution in [1.82, 2.24) is 24.8 Å².